The van der Waals surface area contributed by atoms with E-state index in [0.29, 0.717) is 35.1 Å². The summed E-state index contributed by atoms with van der Waals surface area (Å²) in [6, 6.07) is 3.37. The van der Waals surface area contributed by atoms with Crippen LogP contribution in [-0.4, -0.2) is 32.1 Å². The van der Waals surface area contributed by atoms with Crippen molar-refractivity contribution in [2.45, 2.75) is 57.4 Å². The normalized spacial score (nSPS) is 18.9. The van der Waals surface area contributed by atoms with Crippen LogP contribution in [0.5, 0.6) is 11.5 Å². The molecular formula is C20H27ClN2O4. The van der Waals surface area contributed by atoms with E-state index in [9.17, 15) is 9.59 Å². The molecule has 6 nitrogen and oxygen atoms in total. The van der Waals surface area contributed by atoms with E-state index in [-0.39, 0.29) is 17.9 Å². The number of ether oxygens (including phenoxy) is 2. The van der Waals surface area contributed by atoms with Crippen molar-refractivity contribution in [3.63, 3.8) is 0 Å². The Kier molecular flexibility index (Phi) is 6.15. The summed E-state index contributed by atoms with van der Waals surface area (Å²) in [6.07, 6.45) is 7.80. The van der Waals surface area contributed by atoms with Crippen molar-refractivity contribution in [2.24, 2.45) is 5.41 Å². The lowest BCUT2D eigenvalue weighted by atomic mass is 10.0. The number of rotatable bonds is 6. The number of methoxy groups -OCH3 is 2. The highest BCUT2D eigenvalue weighted by atomic mass is 35.5. The molecule has 1 aromatic rings. The quantitative estimate of drug-likeness (QED) is 0.566. The van der Waals surface area contributed by atoms with Crippen LogP contribution in [0.1, 0.15) is 51.4 Å². The van der Waals surface area contributed by atoms with E-state index in [1.807, 2.05) is 0 Å². The number of hydrogen-bond acceptors (Lipinski definition) is 4. The minimum absolute atomic E-state index is 0.160. The number of carbonyl (C=O) groups is 2. The largest absolute Gasteiger partial charge is 0.495 e. The topological polar surface area (TPSA) is 76.7 Å². The van der Waals surface area contributed by atoms with Crippen LogP contribution in [-0.2, 0) is 9.59 Å². The SMILES string of the molecule is COc1cc(NC(=O)C2(C(=O)NC3CCCCCC3)CC2)c(OC)cc1Cl. The van der Waals surface area contributed by atoms with Crippen molar-refractivity contribution < 1.29 is 19.1 Å². The average molecular weight is 395 g/mol. The van der Waals surface area contributed by atoms with E-state index in [4.69, 9.17) is 21.1 Å². The molecule has 7 heteroatoms. The van der Waals surface area contributed by atoms with Crippen LogP contribution in [0.3, 0.4) is 0 Å². The van der Waals surface area contributed by atoms with Crippen LogP contribution >= 0.6 is 11.6 Å². The highest BCUT2D eigenvalue weighted by Gasteiger charge is 2.57. The highest BCUT2D eigenvalue weighted by Crippen LogP contribution is 2.48. The molecule has 0 bridgehead atoms. The van der Waals surface area contributed by atoms with Crippen LogP contribution < -0.4 is 20.1 Å². The molecule has 2 saturated carbocycles. The molecule has 0 saturated heterocycles. The molecule has 0 aromatic heterocycles. The molecule has 0 aliphatic heterocycles. The lowest BCUT2D eigenvalue weighted by molar-refractivity contribution is -0.134. The fraction of sp³-hybridized carbons (Fsp3) is 0.600. The molecule has 0 unspecified atom stereocenters. The minimum atomic E-state index is -0.982. The van der Waals surface area contributed by atoms with Gasteiger partial charge in [-0.1, -0.05) is 37.3 Å². The molecule has 2 amide bonds. The van der Waals surface area contributed by atoms with Gasteiger partial charge in [-0.3, -0.25) is 9.59 Å². The molecular weight excluding hydrogens is 368 g/mol. The maximum Gasteiger partial charge on any atom is 0.240 e. The van der Waals surface area contributed by atoms with E-state index in [1.54, 1.807) is 12.1 Å². The number of hydrogen-bond donors (Lipinski definition) is 2. The van der Waals surface area contributed by atoms with Gasteiger partial charge in [0, 0.05) is 18.2 Å². The fourth-order valence-corrected chi connectivity index (χ4v) is 3.86. The zero-order valence-electron chi connectivity index (χ0n) is 15.9. The Morgan fingerprint density at radius 1 is 1.00 bits per heavy atom. The summed E-state index contributed by atoms with van der Waals surface area (Å²) in [4.78, 5) is 25.7. The van der Waals surface area contributed by atoms with Crippen molar-refractivity contribution >= 4 is 29.1 Å². The predicted octanol–water partition coefficient (Wildman–Crippen LogP) is 3.91. The third kappa shape index (κ3) is 4.32. The summed E-state index contributed by atoms with van der Waals surface area (Å²) in [5.74, 6) is 0.387. The summed E-state index contributed by atoms with van der Waals surface area (Å²) < 4.78 is 10.5. The summed E-state index contributed by atoms with van der Waals surface area (Å²) >= 11 is 6.11. The Hall–Kier alpha value is -1.95. The zero-order valence-corrected chi connectivity index (χ0v) is 16.7. The first-order chi connectivity index (χ1) is 13.0. The van der Waals surface area contributed by atoms with Gasteiger partial charge in [0.25, 0.3) is 0 Å². The van der Waals surface area contributed by atoms with Gasteiger partial charge in [0.1, 0.15) is 16.9 Å². The van der Waals surface area contributed by atoms with Gasteiger partial charge in [0.2, 0.25) is 11.8 Å². The van der Waals surface area contributed by atoms with Gasteiger partial charge in [-0.25, -0.2) is 0 Å². The fourth-order valence-electron chi connectivity index (χ4n) is 3.63. The van der Waals surface area contributed by atoms with Crippen LogP contribution in [0.2, 0.25) is 5.02 Å². The van der Waals surface area contributed by atoms with Gasteiger partial charge in [-0.2, -0.15) is 0 Å². The first-order valence-corrected chi connectivity index (χ1v) is 9.92. The number of carbonyl (C=O) groups excluding carboxylic acids is 2. The lowest BCUT2D eigenvalue weighted by Gasteiger charge is -2.21. The van der Waals surface area contributed by atoms with E-state index in [1.165, 1.54) is 27.1 Å². The first-order valence-electron chi connectivity index (χ1n) is 9.54. The molecule has 0 radical (unpaired) electrons. The molecule has 3 rings (SSSR count). The first kappa shape index (κ1) is 19.8. The molecule has 1 aromatic carbocycles. The Bertz CT molecular complexity index is 710. The maximum absolute atomic E-state index is 12.9. The Balaban J connectivity index is 1.70. The molecule has 2 aliphatic carbocycles. The van der Waals surface area contributed by atoms with Gasteiger partial charge < -0.3 is 20.1 Å². The van der Waals surface area contributed by atoms with Gasteiger partial charge >= 0.3 is 0 Å². The average Bonchev–Trinajstić information content (AvgIpc) is 3.48. The highest BCUT2D eigenvalue weighted by molar-refractivity contribution is 6.32. The second-order valence-electron chi connectivity index (χ2n) is 7.39. The second-order valence-corrected chi connectivity index (χ2v) is 7.79. The van der Waals surface area contributed by atoms with E-state index < -0.39 is 5.41 Å². The summed E-state index contributed by atoms with van der Waals surface area (Å²) in [6.45, 7) is 0. The van der Waals surface area contributed by atoms with Crippen molar-refractivity contribution in [3.05, 3.63) is 17.2 Å². The molecule has 27 heavy (non-hydrogen) atoms. The standard InChI is InChI=1S/C20H27ClN2O4/c1-26-16-12-15(17(27-2)11-14(16)21)23-19(25)20(9-10-20)18(24)22-13-7-5-3-4-6-8-13/h11-13H,3-10H2,1-2H3,(H,22,24)(H,23,25). The van der Waals surface area contributed by atoms with Crippen molar-refractivity contribution in [2.75, 3.05) is 19.5 Å². The van der Waals surface area contributed by atoms with Gasteiger partial charge in [0.15, 0.2) is 0 Å². The van der Waals surface area contributed by atoms with Gasteiger partial charge in [0.05, 0.1) is 24.9 Å². The minimum Gasteiger partial charge on any atom is -0.495 e. The molecule has 148 valence electrons. The lowest BCUT2D eigenvalue weighted by Crippen LogP contribution is -2.44. The third-order valence-electron chi connectivity index (χ3n) is 5.53. The van der Waals surface area contributed by atoms with Gasteiger partial charge in [-0.05, 0) is 25.7 Å². The molecule has 0 heterocycles. The second kappa shape index (κ2) is 8.38. The molecule has 0 spiro atoms. The van der Waals surface area contributed by atoms with E-state index in [2.05, 4.69) is 10.6 Å². The maximum atomic E-state index is 12.9. The molecule has 2 N–H and O–H groups in total. The molecule has 2 fully saturated rings. The van der Waals surface area contributed by atoms with E-state index in [0.717, 1.165) is 25.7 Å². The number of amides is 2. The Morgan fingerprint density at radius 3 is 2.19 bits per heavy atom. The molecule has 2 aliphatic rings. The van der Waals surface area contributed by atoms with E-state index >= 15 is 0 Å². The van der Waals surface area contributed by atoms with Crippen molar-refractivity contribution in [1.29, 1.82) is 0 Å². The monoisotopic (exact) mass is 394 g/mol. The van der Waals surface area contributed by atoms with Crippen LogP contribution in [0.25, 0.3) is 0 Å². The molecule has 0 atom stereocenters. The van der Waals surface area contributed by atoms with Crippen LogP contribution in [0.15, 0.2) is 12.1 Å². The summed E-state index contributed by atoms with van der Waals surface area (Å²) in [5, 5.41) is 6.33. The smallest absolute Gasteiger partial charge is 0.240 e. The predicted molar refractivity (Wildman–Crippen MR) is 104 cm³/mol. The number of halogens is 1. The number of nitrogens with one attached hydrogen (secondary N) is 2. The van der Waals surface area contributed by atoms with Crippen LogP contribution in [0, 0.1) is 5.41 Å². The zero-order chi connectivity index (χ0) is 19.4. The van der Waals surface area contributed by atoms with Gasteiger partial charge in [-0.15, -0.1) is 0 Å². The summed E-state index contributed by atoms with van der Waals surface area (Å²) in [7, 11) is 3.00. The Labute approximate surface area is 164 Å². The third-order valence-corrected chi connectivity index (χ3v) is 5.83. The number of anilines is 1. The van der Waals surface area contributed by atoms with Crippen molar-refractivity contribution in [3.8, 4) is 11.5 Å². The van der Waals surface area contributed by atoms with Crippen LogP contribution in [0.4, 0.5) is 5.69 Å². The summed E-state index contributed by atoms with van der Waals surface area (Å²) in [5.41, 5.74) is -0.540. The van der Waals surface area contributed by atoms with Crippen molar-refractivity contribution in [1.82, 2.24) is 5.32 Å². The number of benzene rings is 1. The Morgan fingerprint density at radius 2 is 1.63 bits per heavy atom.